The van der Waals surface area contributed by atoms with Gasteiger partial charge in [-0.25, -0.2) is 0 Å². The van der Waals surface area contributed by atoms with Gasteiger partial charge in [-0.3, -0.25) is 4.79 Å². The third-order valence-corrected chi connectivity index (χ3v) is 4.74. The molecule has 0 radical (unpaired) electrons. The molecule has 0 saturated heterocycles. The number of thioether (sulfide) groups is 1. The second kappa shape index (κ2) is 8.06. The molecule has 2 rings (SSSR count). The predicted octanol–water partition coefficient (Wildman–Crippen LogP) is 4.94. The first kappa shape index (κ1) is 17.4. The van der Waals surface area contributed by atoms with Crippen LogP contribution < -0.4 is 10.1 Å². The molecule has 0 aliphatic rings. The minimum Gasteiger partial charge on any atom is -0.496 e. The Morgan fingerprint density at radius 3 is 2.39 bits per heavy atom. The summed E-state index contributed by atoms with van der Waals surface area (Å²) in [6.07, 6.45) is 0. The normalized spacial score (nSPS) is 12.0. The van der Waals surface area contributed by atoms with Gasteiger partial charge >= 0.3 is 0 Å². The quantitative estimate of drug-likeness (QED) is 0.763. The van der Waals surface area contributed by atoms with Crippen molar-refractivity contribution >= 4 is 23.4 Å². The van der Waals surface area contributed by atoms with E-state index in [9.17, 15) is 4.79 Å². The van der Waals surface area contributed by atoms with Gasteiger partial charge in [-0.15, -0.1) is 11.8 Å². The number of anilines is 1. The van der Waals surface area contributed by atoms with Crippen molar-refractivity contribution in [3.05, 3.63) is 54.1 Å². The molecule has 2 aromatic carbocycles. The second-order valence-corrected chi connectivity index (χ2v) is 7.02. The number of benzene rings is 2. The predicted molar refractivity (Wildman–Crippen MR) is 97.5 cm³/mol. The van der Waals surface area contributed by atoms with E-state index in [1.54, 1.807) is 7.11 Å². The number of rotatable bonds is 6. The van der Waals surface area contributed by atoms with Gasteiger partial charge in [-0.05, 0) is 36.6 Å². The second-order valence-electron chi connectivity index (χ2n) is 5.64. The third-order valence-electron chi connectivity index (χ3n) is 3.58. The summed E-state index contributed by atoms with van der Waals surface area (Å²) in [7, 11) is 1.64. The van der Waals surface area contributed by atoms with Gasteiger partial charge in [0.25, 0.3) is 0 Å². The van der Waals surface area contributed by atoms with E-state index in [0.717, 1.165) is 21.9 Å². The number of hydrogen-bond donors (Lipinski definition) is 1. The van der Waals surface area contributed by atoms with Crippen LogP contribution in [0.15, 0.2) is 53.4 Å². The van der Waals surface area contributed by atoms with Crippen LogP contribution in [0.25, 0.3) is 0 Å². The lowest BCUT2D eigenvalue weighted by Crippen LogP contribution is -2.23. The Balaban J connectivity index is 2.09. The van der Waals surface area contributed by atoms with E-state index in [1.165, 1.54) is 11.8 Å². The van der Waals surface area contributed by atoms with E-state index in [4.69, 9.17) is 4.74 Å². The number of methoxy groups -OCH3 is 1. The van der Waals surface area contributed by atoms with Crippen LogP contribution >= 0.6 is 11.8 Å². The first-order valence-corrected chi connectivity index (χ1v) is 8.60. The van der Waals surface area contributed by atoms with Gasteiger partial charge in [-0.2, -0.15) is 0 Å². The Bertz CT molecular complexity index is 670. The lowest BCUT2D eigenvalue weighted by atomic mass is 10.0. The Kier molecular flexibility index (Phi) is 6.11. The maximum absolute atomic E-state index is 12.5. The molecule has 122 valence electrons. The van der Waals surface area contributed by atoms with Crippen LogP contribution in [0.1, 0.15) is 32.3 Å². The zero-order valence-corrected chi connectivity index (χ0v) is 14.8. The monoisotopic (exact) mass is 329 g/mol. The number of carbonyl (C=O) groups excluding carboxylic acids is 1. The molecule has 0 aromatic heterocycles. The zero-order valence-electron chi connectivity index (χ0n) is 14.0. The Labute approximate surface area is 142 Å². The Morgan fingerprint density at radius 2 is 1.70 bits per heavy atom. The van der Waals surface area contributed by atoms with Crippen molar-refractivity contribution in [1.82, 2.24) is 0 Å². The number of amides is 1. The minimum atomic E-state index is -0.216. The molecule has 0 heterocycles. The van der Waals surface area contributed by atoms with Crippen LogP contribution in [-0.4, -0.2) is 18.3 Å². The first-order chi connectivity index (χ1) is 11.0. The van der Waals surface area contributed by atoms with E-state index in [-0.39, 0.29) is 11.2 Å². The Hall–Kier alpha value is -1.94. The van der Waals surface area contributed by atoms with Gasteiger partial charge in [-0.1, -0.05) is 44.2 Å². The molecular weight excluding hydrogens is 306 g/mol. The summed E-state index contributed by atoms with van der Waals surface area (Å²) in [6.45, 7) is 6.15. The van der Waals surface area contributed by atoms with E-state index >= 15 is 0 Å². The van der Waals surface area contributed by atoms with Crippen molar-refractivity contribution in [1.29, 1.82) is 0 Å². The maximum Gasteiger partial charge on any atom is 0.237 e. The summed E-state index contributed by atoms with van der Waals surface area (Å²) in [5.74, 6) is 1.15. The molecule has 0 saturated carbocycles. The lowest BCUT2D eigenvalue weighted by molar-refractivity contribution is -0.115. The van der Waals surface area contributed by atoms with Gasteiger partial charge < -0.3 is 10.1 Å². The largest absolute Gasteiger partial charge is 0.496 e. The molecule has 23 heavy (non-hydrogen) atoms. The van der Waals surface area contributed by atoms with Crippen molar-refractivity contribution in [2.24, 2.45) is 0 Å². The summed E-state index contributed by atoms with van der Waals surface area (Å²) in [5, 5.41) is 2.83. The van der Waals surface area contributed by atoms with Crippen LogP contribution in [-0.2, 0) is 4.79 Å². The highest BCUT2D eigenvalue weighted by Gasteiger charge is 2.18. The standard InChI is InChI=1S/C19H23NO2S/c1-13(2)15-9-5-6-10-16(15)20-19(21)14(3)23-18-12-8-7-11-17(18)22-4/h5-14H,1-4H3,(H,20,21). The number of nitrogens with one attached hydrogen (secondary N) is 1. The fourth-order valence-electron chi connectivity index (χ4n) is 2.31. The molecule has 0 aliphatic carbocycles. The van der Waals surface area contributed by atoms with Gasteiger partial charge in [0, 0.05) is 5.69 Å². The maximum atomic E-state index is 12.5. The molecule has 0 bridgehead atoms. The van der Waals surface area contributed by atoms with Gasteiger partial charge in [0.1, 0.15) is 5.75 Å². The molecule has 4 heteroatoms. The fraction of sp³-hybridized carbons (Fsp3) is 0.316. The highest BCUT2D eigenvalue weighted by atomic mass is 32.2. The number of carbonyl (C=O) groups is 1. The molecule has 1 unspecified atom stereocenters. The molecule has 1 atom stereocenters. The molecular formula is C19H23NO2S. The highest BCUT2D eigenvalue weighted by Crippen LogP contribution is 2.32. The molecule has 3 nitrogen and oxygen atoms in total. The molecule has 0 spiro atoms. The van der Waals surface area contributed by atoms with Crippen LogP contribution in [0.2, 0.25) is 0 Å². The van der Waals surface area contributed by atoms with Crippen molar-refractivity contribution in [2.75, 3.05) is 12.4 Å². The molecule has 1 N–H and O–H groups in total. The number of para-hydroxylation sites is 2. The fourth-order valence-corrected chi connectivity index (χ4v) is 3.28. The minimum absolute atomic E-state index is 0.00555. The average Bonchev–Trinajstić information content (AvgIpc) is 2.55. The highest BCUT2D eigenvalue weighted by molar-refractivity contribution is 8.00. The smallest absolute Gasteiger partial charge is 0.237 e. The van der Waals surface area contributed by atoms with Crippen LogP contribution in [0, 0.1) is 0 Å². The average molecular weight is 329 g/mol. The SMILES string of the molecule is COc1ccccc1SC(C)C(=O)Nc1ccccc1C(C)C. The zero-order chi connectivity index (χ0) is 16.8. The van der Waals surface area contributed by atoms with Crippen molar-refractivity contribution in [3.8, 4) is 5.75 Å². The summed E-state index contributed by atoms with van der Waals surface area (Å²) in [6, 6.07) is 15.7. The van der Waals surface area contributed by atoms with Crippen molar-refractivity contribution in [2.45, 2.75) is 36.8 Å². The number of hydrogen-bond acceptors (Lipinski definition) is 3. The van der Waals surface area contributed by atoms with Gasteiger partial charge in [0.15, 0.2) is 0 Å². The molecule has 0 fully saturated rings. The topological polar surface area (TPSA) is 38.3 Å². The van der Waals surface area contributed by atoms with Gasteiger partial charge in [0.05, 0.1) is 17.3 Å². The number of ether oxygens (including phenoxy) is 1. The first-order valence-electron chi connectivity index (χ1n) is 7.72. The Morgan fingerprint density at radius 1 is 1.04 bits per heavy atom. The van der Waals surface area contributed by atoms with Crippen LogP contribution in [0.5, 0.6) is 5.75 Å². The van der Waals surface area contributed by atoms with E-state index in [0.29, 0.717) is 5.92 Å². The van der Waals surface area contributed by atoms with Crippen LogP contribution in [0.4, 0.5) is 5.69 Å². The van der Waals surface area contributed by atoms with Crippen LogP contribution in [0.3, 0.4) is 0 Å². The van der Waals surface area contributed by atoms with E-state index in [2.05, 4.69) is 25.2 Å². The summed E-state index contributed by atoms with van der Waals surface area (Å²) in [4.78, 5) is 13.5. The van der Waals surface area contributed by atoms with Crippen molar-refractivity contribution < 1.29 is 9.53 Å². The van der Waals surface area contributed by atoms with Gasteiger partial charge in [0.2, 0.25) is 5.91 Å². The van der Waals surface area contributed by atoms with Crippen molar-refractivity contribution in [3.63, 3.8) is 0 Å². The lowest BCUT2D eigenvalue weighted by Gasteiger charge is -2.17. The molecule has 0 aliphatic heterocycles. The molecule has 1 amide bonds. The van der Waals surface area contributed by atoms with E-state index in [1.807, 2.05) is 49.4 Å². The third kappa shape index (κ3) is 4.52. The molecule has 2 aromatic rings. The van der Waals surface area contributed by atoms with E-state index < -0.39 is 0 Å². The summed E-state index contributed by atoms with van der Waals surface area (Å²) >= 11 is 1.50. The summed E-state index contributed by atoms with van der Waals surface area (Å²) in [5.41, 5.74) is 2.04. The summed E-state index contributed by atoms with van der Waals surface area (Å²) < 4.78 is 5.34.